The van der Waals surface area contributed by atoms with E-state index in [2.05, 4.69) is 45.4 Å². The summed E-state index contributed by atoms with van der Waals surface area (Å²) in [6.07, 6.45) is 1.48. The largest absolute Gasteiger partial charge is 0.479 e. The van der Waals surface area contributed by atoms with Gasteiger partial charge in [0.15, 0.2) is 6.10 Å². The summed E-state index contributed by atoms with van der Waals surface area (Å²) in [5.74, 6) is 0.428. The monoisotopic (exact) mass is 429 g/mol. The van der Waals surface area contributed by atoms with Gasteiger partial charge in [-0.2, -0.15) is 0 Å². The number of hydrogen-bond donors (Lipinski definition) is 1. The fourth-order valence-corrected chi connectivity index (χ4v) is 3.79. The van der Waals surface area contributed by atoms with Gasteiger partial charge in [-0.25, -0.2) is 0 Å². The van der Waals surface area contributed by atoms with Crippen LogP contribution in [0.15, 0.2) is 54.6 Å². The smallest absolute Gasteiger partial charge is 0.260 e. The van der Waals surface area contributed by atoms with Gasteiger partial charge in [-0.05, 0) is 44.0 Å². The van der Waals surface area contributed by atoms with E-state index < -0.39 is 6.10 Å². The first-order chi connectivity index (χ1) is 14.6. The van der Waals surface area contributed by atoms with Gasteiger partial charge in [0, 0.05) is 39.3 Å². The molecule has 5 nitrogen and oxygen atoms in total. The predicted molar refractivity (Wildman–Crippen MR) is 122 cm³/mol. The Morgan fingerprint density at radius 1 is 1.00 bits per heavy atom. The van der Waals surface area contributed by atoms with Crippen LogP contribution in [0.3, 0.4) is 0 Å². The third-order valence-corrected chi connectivity index (χ3v) is 5.74. The fraction of sp³-hybridized carbons (Fsp3) is 0.458. The summed E-state index contributed by atoms with van der Waals surface area (Å²) < 4.78 is 5.65. The van der Waals surface area contributed by atoms with Crippen LogP contribution in [0.4, 0.5) is 0 Å². The summed E-state index contributed by atoms with van der Waals surface area (Å²) in [7, 11) is 0. The van der Waals surface area contributed by atoms with Crippen LogP contribution in [-0.2, 0) is 11.3 Å². The molecule has 1 aliphatic rings. The lowest BCUT2D eigenvalue weighted by Gasteiger charge is -2.34. The van der Waals surface area contributed by atoms with Gasteiger partial charge in [0.05, 0.1) is 5.02 Å². The maximum atomic E-state index is 12.2. The highest BCUT2D eigenvalue weighted by Gasteiger charge is 2.17. The first-order valence-corrected chi connectivity index (χ1v) is 11.2. The van der Waals surface area contributed by atoms with E-state index in [9.17, 15) is 4.79 Å². The lowest BCUT2D eigenvalue weighted by Crippen LogP contribution is -2.46. The summed E-state index contributed by atoms with van der Waals surface area (Å²) >= 11 is 6.08. The number of para-hydroxylation sites is 1. The van der Waals surface area contributed by atoms with Gasteiger partial charge >= 0.3 is 0 Å². The molecule has 2 aromatic carbocycles. The number of piperazine rings is 1. The maximum Gasteiger partial charge on any atom is 0.260 e. The van der Waals surface area contributed by atoms with Crippen molar-refractivity contribution in [3.8, 4) is 5.75 Å². The number of ether oxygens (including phenoxy) is 1. The fourth-order valence-electron chi connectivity index (χ4n) is 3.61. The van der Waals surface area contributed by atoms with Crippen LogP contribution in [0.25, 0.3) is 0 Å². The quantitative estimate of drug-likeness (QED) is 0.583. The molecule has 0 spiro atoms. The van der Waals surface area contributed by atoms with Crippen molar-refractivity contribution in [1.82, 2.24) is 15.1 Å². The van der Waals surface area contributed by atoms with Crippen molar-refractivity contribution in [1.29, 1.82) is 0 Å². The van der Waals surface area contributed by atoms with Crippen LogP contribution in [0, 0.1) is 0 Å². The lowest BCUT2D eigenvalue weighted by atomic mass is 10.2. The highest BCUT2D eigenvalue weighted by atomic mass is 35.5. The zero-order chi connectivity index (χ0) is 21.2. The molecule has 30 heavy (non-hydrogen) atoms. The predicted octanol–water partition coefficient (Wildman–Crippen LogP) is 3.82. The molecule has 2 aromatic rings. The molecule has 0 aromatic heterocycles. The van der Waals surface area contributed by atoms with Crippen LogP contribution in [0.2, 0.25) is 5.02 Å². The van der Waals surface area contributed by atoms with E-state index in [1.807, 2.05) is 12.1 Å². The number of rotatable bonds is 10. The molecule has 0 aliphatic carbocycles. The number of nitrogens with one attached hydrogen (secondary N) is 1. The van der Waals surface area contributed by atoms with E-state index in [4.69, 9.17) is 16.3 Å². The molecule has 0 bridgehead atoms. The molecule has 0 saturated carbocycles. The maximum absolute atomic E-state index is 12.2. The molecule has 1 amide bonds. The van der Waals surface area contributed by atoms with Gasteiger partial charge in [-0.1, -0.05) is 54.1 Å². The molecule has 1 unspecified atom stereocenters. The number of benzene rings is 2. The second kappa shape index (κ2) is 11.9. The Bertz CT molecular complexity index is 779. The lowest BCUT2D eigenvalue weighted by molar-refractivity contribution is -0.127. The average Bonchev–Trinajstić information content (AvgIpc) is 2.77. The average molecular weight is 430 g/mol. The number of carbonyl (C=O) groups is 1. The van der Waals surface area contributed by atoms with Gasteiger partial charge in [-0.3, -0.25) is 9.69 Å². The summed E-state index contributed by atoms with van der Waals surface area (Å²) in [6.45, 7) is 8.99. The zero-order valence-corrected chi connectivity index (χ0v) is 18.5. The van der Waals surface area contributed by atoms with E-state index in [0.29, 0.717) is 17.3 Å². The number of carbonyl (C=O) groups excluding carboxylic acids is 1. The van der Waals surface area contributed by atoms with Crippen molar-refractivity contribution in [2.45, 2.75) is 32.4 Å². The highest BCUT2D eigenvalue weighted by molar-refractivity contribution is 6.32. The Labute approximate surface area is 185 Å². The SMILES string of the molecule is CC(Oc1ccccc1Cl)C(=O)NCCCCN1CCN(Cc2ccccc2)CC1. The van der Waals surface area contributed by atoms with Crippen LogP contribution < -0.4 is 10.1 Å². The zero-order valence-electron chi connectivity index (χ0n) is 17.7. The molecule has 1 atom stereocenters. The van der Waals surface area contributed by atoms with Crippen LogP contribution in [-0.4, -0.2) is 61.1 Å². The Kier molecular flexibility index (Phi) is 9.00. The number of unbranched alkanes of at least 4 members (excludes halogenated alkanes) is 1. The normalized spacial score (nSPS) is 16.2. The molecule has 162 valence electrons. The van der Waals surface area contributed by atoms with Crippen molar-refractivity contribution in [3.63, 3.8) is 0 Å². The molecular weight excluding hydrogens is 398 g/mol. The summed E-state index contributed by atoms with van der Waals surface area (Å²) in [5, 5.41) is 3.48. The number of amides is 1. The van der Waals surface area contributed by atoms with Crippen LogP contribution in [0.1, 0.15) is 25.3 Å². The Hall–Kier alpha value is -2.08. The molecule has 1 heterocycles. The summed E-state index contributed by atoms with van der Waals surface area (Å²) in [6, 6.07) is 17.9. The van der Waals surface area contributed by atoms with Crippen molar-refractivity contribution in [2.24, 2.45) is 0 Å². The first kappa shape index (κ1) is 22.6. The van der Waals surface area contributed by atoms with Gasteiger partial charge in [0.25, 0.3) is 5.91 Å². The second-order valence-corrected chi connectivity index (χ2v) is 8.20. The molecule has 1 saturated heterocycles. The highest BCUT2D eigenvalue weighted by Crippen LogP contribution is 2.24. The topological polar surface area (TPSA) is 44.8 Å². The van der Waals surface area contributed by atoms with Crippen LogP contribution in [0.5, 0.6) is 5.75 Å². The van der Waals surface area contributed by atoms with Gasteiger partial charge in [0.2, 0.25) is 0 Å². The number of hydrogen-bond acceptors (Lipinski definition) is 4. The van der Waals surface area contributed by atoms with Crippen molar-refractivity contribution in [3.05, 3.63) is 65.2 Å². The number of nitrogens with zero attached hydrogens (tertiary/aromatic N) is 2. The Balaban J connectivity index is 1.25. The minimum absolute atomic E-state index is 0.107. The van der Waals surface area contributed by atoms with E-state index >= 15 is 0 Å². The summed E-state index contributed by atoms with van der Waals surface area (Å²) in [4.78, 5) is 17.3. The van der Waals surface area contributed by atoms with E-state index in [1.54, 1.807) is 19.1 Å². The second-order valence-electron chi connectivity index (χ2n) is 7.79. The van der Waals surface area contributed by atoms with Crippen LogP contribution >= 0.6 is 11.6 Å². The van der Waals surface area contributed by atoms with Crippen molar-refractivity contribution >= 4 is 17.5 Å². The van der Waals surface area contributed by atoms with E-state index in [1.165, 1.54) is 5.56 Å². The minimum Gasteiger partial charge on any atom is -0.479 e. The number of halogens is 1. The van der Waals surface area contributed by atoms with Crippen molar-refractivity contribution in [2.75, 3.05) is 39.3 Å². The Morgan fingerprint density at radius 3 is 2.40 bits per heavy atom. The third kappa shape index (κ3) is 7.31. The molecule has 0 radical (unpaired) electrons. The van der Waals surface area contributed by atoms with E-state index in [0.717, 1.165) is 52.1 Å². The Morgan fingerprint density at radius 2 is 1.67 bits per heavy atom. The minimum atomic E-state index is -0.567. The van der Waals surface area contributed by atoms with E-state index in [-0.39, 0.29) is 5.91 Å². The molecule has 3 rings (SSSR count). The van der Waals surface area contributed by atoms with Gasteiger partial charge in [-0.15, -0.1) is 0 Å². The van der Waals surface area contributed by atoms with Gasteiger partial charge in [0.1, 0.15) is 5.75 Å². The molecular formula is C24H32ClN3O2. The standard InChI is InChI=1S/C24H32ClN3O2/c1-20(30-23-12-6-5-11-22(23)25)24(29)26-13-7-8-14-27-15-17-28(18-16-27)19-21-9-3-2-4-10-21/h2-6,9-12,20H,7-8,13-19H2,1H3,(H,26,29). The molecule has 1 fully saturated rings. The third-order valence-electron chi connectivity index (χ3n) is 5.42. The van der Waals surface area contributed by atoms with Crippen molar-refractivity contribution < 1.29 is 9.53 Å². The molecule has 6 heteroatoms. The molecule has 1 aliphatic heterocycles. The summed E-state index contributed by atoms with van der Waals surface area (Å²) in [5.41, 5.74) is 1.38. The van der Waals surface area contributed by atoms with Gasteiger partial charge < -0.3 is 15.0 Å². The first-order valence-electron chi connectivity index (χ1n) is 10.8. The molecule has 1 N–H and O–H groups in total.